The molecule has 2 rings (SSSR count). The van der Waals surface area contributed by atoms with Gasteiger partial charge in [-0.2, -0.15) is 5.10 Å². The lowest BCUT2D eigenvalue weighted by atomic mass is 10.3. The van der Waals surface area contributed by atoms with Crippen molar-refractivity contribution in [3.8, 4) is 11.6 Å². The highest BCUT2D eigenvalue weighted by Crippen LogP contribution is 2.27. The molecule has 2 heterocycles. The van der Waals surface area contributed by atoms with Gasteiger partial charge in [0, 0.05) is 13.1 Å². The maximum absolute atomic E-state index is 5.75. The molecule has 5 nitrogen and oxygen atoms in total. The van der Waals surface area contributed by atoms with E-state index in [4.69, 9.17) is 10.5 Å². The van der Waals surface area contributed by atoms with Crippen molar-refractivity contribution in [1.82, 2.24) is 14.8 Å². The van der Waals surface area contributed by atoms with Gasteiger partial charge in [-0.3, -0.25) is 4.68 Å². The molecule has 2 aromatic rings. The van der Waals surface area contributed by atoms with Gasteiger partial charge in [0.15, 0.2) is 5.75 Å². The minimum absolute atomic E-state index is 0.538. The molecule has 0 saturated heterocycles. The molecule has 0 fully saturated rings. The molecule has 2 aromatic heterocycles. The van der Waals surface area contributed by atoms with Crippen molar-refractivity contribution in [1.29, 1.82) is 0 Å². The fraction of sp³-hybridized carbons (Fsp3) is 0.333. The molecule has 0 atom stereocenters. The standard InChI is InChI=1S/C12H16N4O/c1-7-10(13)5-6-11(14-7)17-12-8(2)15-16(4)9(12)3/h5-6H,13H2,1-4H3. The van der Waals surface area contributed by atoms with E-state index in [-0.39, 0.29) is 0 Å². The summed E-state index contributed by atoms with van der Waals surface area (Å²) in [4.78, 5) is 4.28. The zero-order chi connectivity index (χ0) is 12.6. The zero-order valence-corrected chi connectivity index (χ0v) is 10.5. The molecule has 2 N–H and O–H groups in total. The zero-order valence-electron chi connectivity index (χ0n) is 10.5. The molecule has 0 aromatic carbocycles. The van der Waals surface area contributed by atoms with Crippen LogP contribution in [0, 0.1) is 20.8 Å². The van der Waals surface area contributed by atoms with Crippen LogP contribution in [0.1, 0.15) is 17.1 Å². The van der Waals surface area contributed by atoms with Gasteiger partial charge in [0.25, 0.3) is 0 Å². The average Bonchev–Trinajstić information content (AvgIpc) is 2.50. The number of anilines is 1. The van der Waals surface area contributed by atoms with Gasteiger partial charge in [-0.05, 0) is 26.8 Å². The van der Waals surface area contributed by atoms with Crippen molar-refractivity contribution in [2.45, 2.75) is 20.8 Å². The molecule has 5 heteroatoms. The maximum atomic E-state index is 5.75. The number of hydrogen-bond donors (Lipinski definition) is 1. The van der Waals surface area contributed by atoms with Crippen molar-refractivity contribution in [3.05, 3.63) is 29.2 Å². The third kappa shape index (κ3) is 2.08. The van der Waals surface area contributed by atoms with E-state index in [0.717, 1.165) is 22.8 Å². The van der Waals surface area contributed by atoms with E-state index in [1.165, 1.54) is 0 Å². The fourth-order valence-corrected chi connectivity index (χ4v) is 1.61. The molecule has 0 aliphatic heterocycles. The second-order valence-corrected chi connectivity index (χ2v) is 4.05. The van der Waals surface area contributed by atoms with Crippen LogP contribution >= 0.6 is 0 Å². The summed E-state index contributed by atoms with van der Waals surface area (Å²) in [5.74, 6) is 1.29. The van der Waals surface area contributed by atoms with Crippen LogP contribution in [-0.2, 0) is 7.05 Å². The summed E-state index contributed by atoms with van der Waals surface area (Å²) in [5, 5.41) is 4.29. The summed E-state index contributed by atoms with van der Waals surface area (Å²) in [5.41, 5.74) is 8.96. The summed E-state index contributed by atoms with van der Waals surface area (Å²) in [7, 11) is 1.89. The molecule has 0 bridgehead atoms. The van der Waals surface area contributed by atoms with E-state index in [1.807, 2.05) is 27.8 Å². The molecule has 17 heavy (non-hydrogen) atoms. The highest BCUT2D eigenvalue weighted by molar-refractivity contribution is 5.44. The van der Waals surface area contributed by atoms with E-state index in [2.05, 4.69) is 10.1 Å². The molecular weight excluding hydrogens is 216 g/mol. The highest BCUT2D eigenvalue weighted by Gasteiger charge is 2.12. The number of nitrogens with two attached hydrogens (primary N) is 1. The predicted octanol–water partition coefficient (Wildman–Crippen LogP) is 2.11. The average molecular weight is 232 g/mol. The van der Waals surface area contributed by atoms with Gasteiger partial charge < -0.3 is 10.5 Å². The Kier molecular flexibility index (Phi) is 2.75. The second kappa shape index (κ2) is 4.08. The Hall–Kier alpha value is -2.04. The fourth-order valence-electron chi connectivity index (χ4n) is 1.61. The summed E-state index contributed by atoms with van der Waals surface area (Å²) < 4.78 is 7.53. The van der Waals surface area contributed by atoms with E-state index >= 15 is 0 Å². The third-order valence-corrected chi connectivity index (χ3v) is 2.75. The molecule has 0 amide bonds. The van der Waals surface area contributed by atoms with Gasteiger partial charge in [-0.25, -0.2) is 4.98 Å². The first-order chi connectivity index (χ1) is 7.99. The van der Waals surface area contributed by atoms with Crippen LogP contribution in [0.2, 0.25) is 0 Å². The largest absolute Gasteiger partial charge is 0.435 e. The number of rotatable bonds is 2. The Morgan fingerprint density at radius 3 is 2.41 bits per heavy atom. The molecule has 0 aliphatic rings. The first-order valence-electron chi connectivity index (χ1n) is 5.40. The Balaban J connectivity index is 2.34. The number of nitrogens with zero attached hydrogens (tertiary/aromatic N) is 3. The second-order valence-electron chi connectivity index (χ2n) is 4.05. The van der Waals surface area contributed by atoms with Crippen molar-refractivity contribution >= 4 is 5.69 Å². The molecule has 0 spiro atoms. The third-order valence-electron chi connectivity index (χ3n) is 2.75. The number of aryl methyl sites for hydroxylation is 3. The summed E-state index contributed by atoms with van der Waals surface area (Å²) >= 11 is 0. The summed E-state index contributed by atoms with van der Waals surface area (Å²) in [6.07, 6.45) is 0. The Morgan fingerprint density at radius 1 is 1.18 bits per heavy atom. The summed E-state index contributed by atoms with van der Waals surface area (Å²) in [6.45, 7) is 5.72. The lowest BCUT2D eigenvalue weighted by Gasteiger charge is -2.06. The van der Waals surface area contributed by atoms with E-state index in [0.29, 0.717) is 11.6 Å². The maximum Gasteiger partial charge on any atom is 0.219 e. The van der Waals surface area contributed by atoms with Crippen LogP contribution in [0.5, 0.6) is 11.6 Å². The van der Waals surface area contributed by atoms with Gasteiger partial charge in [-0.1, -0.05) is 0 Å². The number of aromatic nitrogens is 3. The first-order valence-corrected chi connectivity index (χ1v) is 5.40. The lowest BCUT2D eigenvalue weighted by molar-refractivity contribution is 0.454. The molecular formula is C12H16N4O. The Morgan fingerprint density at radius 2 is 1.88 bits per heavy atom. The molecule has 0 radical (unpaired) electrons. The highest BCUT2D eigenvalue weighted by atomic mass is 16.5. The number of hydrogen-bond acceptors (Lipinski definition) is 4. The number of pyridine rings is 1. The SMILES string of the molecule is Cc1nc(Oc2c(C)nn(C)c2C)ccc1N. The molecule has 0 unspecified atom stereocenters. The minimum atomic E-state index is 0.538. The Bertz CT molecular complexity index is 560. The van der Waals surface area contributed by atoms with E-state index < -0.39 is 0 Å². The molecule has 90 valence electrons. The first kappa shape index (κ1) is 11.4. The van der Waals surface area contributed by atoms with Crippen molar-refractivity contribution in [3.63, 3.8) is 0 Å². The van der Waals surface area contributed by atoms with Crippen molar-refractivity contribution < 1.29 is 4.74 Å². The van der Waals surface area contributed by atoms with Crippen molar-refractivity contribution in [2.24, 2.45) is 7.05 Å². The van der Waals surface area contributed by atoms with Gasteiger partial charge in [0.2, 0.25) is 5.88 Å². The van der Waals surface area contributed by atoms with Gasteiger partial charge >= 0.3 is 0 Å². The van der Waals surface area contributed by atoms with Crippen molar-refractivity contribution in [2.75, 3.05) is 5.73 Å². The smallest absolute Gasteiger partial charge is 0.219 e. The molecule has 0 aliphatic carbocycles. The van der Waals surface area contributed by atoms with Gasteiger partial charge in [-0.15, -0.1) is 0 Å². The van der Waals surface area contributed by atoms with Crippen LogP contribution in [0.3, 0.4) is 0 Å². The van der Waals surface area contributed by atoms with Crippen LogP contribution in [0.25, 0.3) is 0 Å². The van der Waals surface area contributed by atoms with Crippen LogP contribution in [-0.4, -0.2) is 14.8 Å². The Labute approximate surface area is 100 Å². The summed E-state index contributed by atoms with van der Waals surface area (Å²) in [6, 6.07) is 3.55. The van der Waals surface area contributed by atoms with Crippen LogP contribution < -0.4 is 10.5 Å². The molecule has 0 saturated carbocycles. The van der Waals surface area contributed by atoms with Crippen LogP contribution in [0.15, 0.2) is 12.1 Å². The topological polar surface area (TPSA) is 66.0 Å². The number of ether oxygens (including phenoxy) is 1. The predicted molar refractivity (Wildman–Crippen MR) is 66.1 cm³/mol. The normalized spacial score (nSPS) is 10.6. The lowest BCUT2D eigenvalue weighted by Crippen LogP contribution is -1.96. The van der Waals surface area contributed by atoms with E-state index in [9.17, 15) is 0 Å². The van der Waals surface area contributed by atoms with Crippen LogP contribution in [0.4, 0.5) is 5.69 Å². The number of nitrogen functional groups attached to an aromatic ring is 1. The minimum Gasteiger partial charge on any atom is -0.435 e. The monoisotopic (exact) mass is 232 g/mol. The van der Waals surface area contributed by atoms with E-state index in [1.54, 1.807) is 16.8 Å². The van der Waals surface area contributed by atoms with Gasteiger partial charge in [0.05, 0.1) is 17.1 Å². The van der Waals surface area contributed by atoms with Gasteiger partial charge in [0.1, 0.15) is 5.69 Å². The quantitative estimate of drug-likeness (QED) is 0.861.